The number of carbonyl (C=O) groups is 2. The molecular weight excluding hydrogens is 550 g/mol. The number of methoxy groups -OCH3 is 1. The molecule has 0 fully saturated rings. The Balaban J connectivity index is 1.79. The van der Waals surface area contributed by atoms with Crippen molar-refractivity contribution < 1.29 is 23.8 Å². The third-order valence-corrected chi connectivity index (χ3v) is 5.96. The molecule has 196 valence electrons. The first-order valence-electron chi connectivity index (χ1n) is 11.8. The number of hydrogen-bond acceptors (Lipinski definition) is 6. The van der Waals surface area contributed by atoms with Gasteiger partial charge in [-0.15, -0.1) is 0 Å². The minimum absolute atomic E-state index is 0.0795. The maximum absolute atomic E-state index is 12.8. The summed E-state index contributed by atoms with van der Waals surface area (Å²) in [5.41, 5.74) is 3.59. The molecule has 3 aromatic rings. The molecule has 0 radical (unpaired) electrons. The molecule has 0 saturated carbocycles. The van der Waals surface area contributed by atoms with E-state index in [0.29, 0.717) is 45.3 Å². The van der Waals surface area contributed by atoms with Crippen molar-refractivity contribution in [3.05, 3.63) is 81.3 Å². The van der Waals surface area contributed by atoms with Gasteiger partial charge in [-0.05, 0) is 84.2 Å². The Labute approximate surface area is 230 Å². The van der Waals surface area contributed by atoms with Crippen LogP contribution in [0.4, 0.5) is 11.4 Å². The Morgan fingerprint density at radius 2 is 1.76 bits per heavy atom. The van der Waals surface area contributed by atoms with E-state index in [9.17, 15) is 14.9 Å². The van der Waals surface area contributed by atoms with E-state index in [2.05, 4.69) is 26.6 Å². The van der Waals surface area contributed by atoms with E-state index in [-0.39, 0.29) is 18.1 Å². The first-order valence-corrected chi connectivity index (χ1v) is 12.6. The number of nitrogens with one attached hydrogen (secondary N) is 2. The maximum Gasteiger partial charge on any atom is 0.266 e. The quantitative estimate of drug-likeness (QED) is 0.224. The van der Waals surface area contributed by atoms with Crippen LogP contribution in [0.5, 0.6) is 17.2 Å². The largest absolute Gasteiger partial charge is 0.495 e. The van der Waals surface area contributed by atoms with E-state index in [0.717, 1.165) is 11.1 Å². The Hall–Kier alpha value is -4.29. The van der Waals surface area contributed by atoms with E-state index in [4.69, 9.17) is 14.2 Å². The van der Waals surface area contributed by atoms with Crippen LogP contribution in [0.1, 0.15) is 23.6 Å². The van der Waals surface area contributed by atoms with Crippen LogP contribution in [0.3, 0.4) is 0 Å². The van der Waals surface area contributed by atoms with Crippen LogP contribution in [0.25, 0.3) is 6.08 Å². The Kier molecular flexibility index (Phi) is 9.91. The fourth-order valence-corrected chi connectivity index (χ4v) is 4.18. The lowest BCUT2D eigenvalue weighted by atomic mass is 10.1. The molecular formula is C29H28BrN3O5. The number of carbonyl (C=O) groups excluding carboxylic acids is 2. The zero-order valence-corrected chi connectivity index (χ0v) is 23.1. The van der Waals surface area contributed by atoms with Gasteiger partial charge in [0.1, 0.15) is 17.4 Å². The predicted octanol–water partition coefficient (Wildman–Crippen LogP) is 6.04. The summed E-state index contributed by atoms with van der Waals surface area (Å²) in [5.74, 6) is 0.287. The molecule has 9 heteroatoms. The molecule has 0 unspecified atom stereocenters. The molecule has 0 saturated heterocycles. The van der Waals surface area contributed by atoms with Crippen LogP contribution in [-0.4, -0.2) is 32.1 Å². The average Bonchev–Trinajstić information content (AvgIpc) is 2.88. The molecule has 3 aromatic carbocycles. The summed E-state index contributed by atoms with van der Waals surface area (Å²) < 4.78 is 17.2. The van der Waals surface area contributed by atoms with Crippen molar-refractivity contribution in [1.29, 1.82) is 5.26 Å². The lowest BCUT2D eigenvalue weighted by Crippen LogP contribution is -2.21. The Morgan fingerprint density at radius 1 is 1.00 bits per heavy atom. The van der Waals surface area contributed by atoms with Gasteiger partial charge in [0, 0.05) is 5.69 Å². The summed E-state index contributed by atoms with van der Waals surface area (Å²) in [6.45, 7) is 5.72. The van der Waals surface area contributed by atoms with Gasteiger partial charge in [0.05, 0.1) is 23.9 Å². The number of hydrogen-bond donors (Lipinski definition) is 2. The maximum atomic E-state index is 12.8. The van der Waals surface area contributed by atoms with Gasteiger partial charge < -0.3 is 24.8 Å². The average molecular weight is 578 g/mol. The number of rotatable bonds is 10. The first-order chi connectivity index (χ1) is 18.2. The van der Waals surface area contributed by atoms with Gasteiger partial charge in [-0.1, -0.05) is 29.8 Å². The number of nitriles is 1. The molecule has 38 heavy (non-hydrogen) atoms. The number of amides is 2. The highest BCUT2D eigenvalue weighted by Crippen LogP contribution is 2.37. The summed E-state index contributed by atoms with van der Waals surface area (Å²) >= 11 is 3.46. The van der Waals surface area contributed by atoms with E-state index < -0.39 is 5.91 Å². The number of para-hydroxylation sites is 2. The lowest BCUT2D eigenvalue weighted by molar-refractivity contribution is -0.118. The zero-order valence-electron chi connectivity index (χ0n) is 21.6. The number of halogens is 1. The minimum atomic E-state index is -0.526. The summed E-state index contributed by atoms with van der Waals surface area (Å²) in [5, 5.41) is 15.2. The van der Waals surface area contributed by atoms with E-state index >= 15 is 0 Å². The monoisotopic (exact) mass is 577 g/mol. The molecule has 0 aromatic heterocycles. The molecule has 0 spiro atoms. The standard InChI is InChI=1S/C29H28BrN3O5/c1-5-37-26-15-20(13-21(16-31)29(35)33-23-11-10-18(2)12-19(23)3)14-22(30)28(26)38-17-27(34)32-24-8-6-7-9-25(24)36-4/h6-15H,5,17H2,1-4H3,(H,32,34)(H,33,35)/b21-13+. The van der Waals surface area contributed by atoms with Crippen molar-refractivity contribution in [1.82, 2.24) is 0 Å². The number of anilines is 2. The Morgan fingerprint density at radius 3 is 2.45 bits per heavy atom. The predicted molar refractivity (Wildman–Crippen MR) is 151 cm³/mol. The topological polar surface area (TPSA) is 110 Å². The minimum Gasteiger partial charge on any atom is -0.495 e. The van der Waals surface area contributed by atoms with Crippen LogP contribution in [0.15, 0.2) is 64.6 Å². The highest BCUT2D eigenvalue weighted by atomic mass is 79.9. The fraction of sp³-hybridized carbons (Fsp3) is 0.207. The molecule has 2 amide bonds. The van der Waals surface area contributed by atoms with Crippen LogP contribution in [0.2, 0.25) is 0 Å². The highest BCUT2D eigenvalue weighted by molar-refractivity contribution is 9.10. The summed E-state index contributed by atoms with van der Waals surface area (Å²) in [6.07, 6.45) is 1.46. The second-order valence-electron chi connectivity index (χ2n) is 8.24. The molecule has 8 nitrogen and oxygen atoms in total. The number of benzene rings is 3. The highest BCUT2D eigenvalue weighted by Gasteiger charge is 2.17. The summed E-state index contributed by atoms with van der Waals surface area (Å²) in [7, 11) is 1.52. The van der Waals surface area contributed by atoms with E-state index in [1.54, 1.807) is 42.5 Å². The van der Waals surface area contributed by atoms with Crippen molar-refractivity contribution >= 4 is 45.2 Å². The van der Waals surface area contributed by atoms with Gasteiger partial charge in [-0.3, -0.25) is 9.59 Å². The molecule has 0 bridgehead atoms. The van der Waals surface area contributed by atoms with Crippen LogP contribution < -0.4 is 24.8 Å². The third-order valence-electron chi connectivity index (χ3n) is 5.37. The van der Waals surface area contributed by atoms with Gasteiger partial charge in [-0.25, -0.2) is 0 Å². The van der Waals surface area contributed by atoms with Crippen molar-refractivity contribution in [3.63, 3.8) is 0 Å². The smallest absolute Gasteiger partial charge is 0.266 e. The van der Waals surface area contributed by atoms with E-state index in [1.165, 1.54) is 13.2 Å². The van der Waals surface area contributed by atoms with Gasteiger partial charge in [0.25, 0.3) is 11.8 Å². The van der Waals surface area contributed by atoms with Crippen LogP contribution in [0, 0.1) is 25.2 Å². The van der Waals surface area contributed by atoms with Crippen molar-refractivity contribution in [2.24, 2.45) is 0 Å². The molecule has 0 aliphatic carbocycles. The van der Waals surface area contributed by atoms with Crippen molar-refractivity contribution in [2.45, 2.75) is 20.8 Å². The normalized spacial score (nSPS) is 10.8. The molecule has 0 aliphatic heterocycles. The first kappa shape index (κ1) is 28.3. The number of nitrogens with zero attached hydrogens (tertiary/aromatic N) is 1. The summed E-state index contributed by atoms with van der Waals surface area (Å²) in [6, 6.07) is 18.0. The SMILES string of the molecule is CCOc1cc(/C=C(\C#N)C(=O)Nc2ccc(C)cc2C)cc(Br)c1OCC(=O)Nc1ccccc1OC. The van der Waals surface area contributed by atoms with E-state index in [1.807, 2.05) is 39.0 Å². The van der Waals surface area contributed by atoms with Gasteiger partial charge in [0.2, 0.25) is 0 Å². The van der Waals surface area contributed by atoms with Crippen LogP contribution in [-0.2, 0) is 9.59 Å². The summed E-state index contributed by atoms with van der Waals surface area (Å²) in [4.78, 5) is 25.3. The second kappa shape index (κ2) is 13.3. The zero-order chi connectivity index (χ0) is 27.7. The molecule has 2 N–H and O–H groups in total. The van der Waals surface area contributed by atoms with Gasteiger partial charge >= 0.3 is 0 Å². The molecule has 0 atom stereocenters. The molecule has 3 rings (SSSR count). The molecule has 0 aliphatic rings. The van der Waals surface area contributed by atoms with Crippen molar-refractivity contribution in [3.8, 4) is 23.3 Å². The number of ether oxygens (including phenoxy) is 3. The number of aryl methyl sites for hydroxylation is 2. The molecule has 0 heterocycles. The Bertz CT molecular complexity index is 1410. The second-order valence-corrected chi connectivity index (χ2v) is 9.10. The van der Waals surface area contributed by atoms with Crippen molar-refractivity contribution in [2.75, 3.05) is 31.0 Å². The van der Waals surface area contributed by atoms with Gasteiger partial charge in [-0.2, -0.15) is 5.26 Å². The fourth-order valence-electron chi connectivity index (χ4n) is 3.60. The van der Waals surface area contributed by atoms with Crippen LogP contribution >= 0.6 is 15.9 Å². The lowest BCUT2D eigenvalue weighted by Gasteiger charge is -2.15. The van der Waals surface area contributed by atoms with Gasteiger partial charge in [0.15, 0.2) is 18.1 Å². The third kappa shape index (κ3) is 7.37.